The van der Waals surface area contributed by atoms with Gasteiger partial charge in [0.05, 0.1) is 18.7 Å². The first-order valence-electron chi connectivity index (χ1n) is 5.09. The van der Waals surface area contributed by atoms with Crippen molar-refractivity contribution in [2.24, 2.45) is 0 Å². The third-order valence-corrected chi connectivity index (χ3v) is 2.46. The van der Waals surface area contributed by atoms with Crippen molar-refractivity contribution >= 4 is 11.6 Å². The van der Waals surface area contributed by atoms with Crippen molar-refractivity contribution in [2.75, 3.05) is 12.4 Å². The Hall–Kier alpha value is -1.78. The smallest absolute Gasteiger partial charge is 0.263 e. The highest BCUT2D eigenvalue weighted by atomic mass is 16.5. The lowest BCUT2D eigenvalue weighted by Gasteiger charge is -2.30. The molecule has 5 heteroatoms. The molecule has 1 aliphatic rings. The van der Waals surface area contributed by atoms with E-state index in [9.17, 15) is 4.79 Å². The molecule has 1 aromatic rings. The number of nitrogens with one attached hydrogen (secondary N) is 1. The van der Waals surface area contributed by atoms with E-state index in [-0.39, 0.29) is 11.1 Å². The molecule has 2 rings (SSSR count). The van der Waals surface area contributed by atoms with Gasteiger partial charge in [0, 0.05) is 5.70 Å². The molecule has 1 aliphatic heterocycles. The fourth-order valence-corrected chi connectivity index (χ4v) is 1.90. The zero-order chi connectivity index (χ0) is 11.9. The van der Waals surface area contributed by atoms with Crippen molar-refractivity contribution in [1.29, 1.82) is 0 Å². The largest absolute Gasteiger partial charge is 0.481 e. The Morgan fingerprint density at radius 2 is 2.19 bits per heavy atom. The number of aromatic nitrogens is 2. The first kappa shape index (κ1) is 10.7. The number of hydrogen-bond donors (Lipinski definition) is 1. The first-order valence-corrected chi connectivity index (χ1v) is 5.09. The molecule has 0 radical (unpaired) electrons. The summed E-state index contributed by atoms with van der Waals surface area (Å²) in [5.74, 6) is 0.851. The van der Waals surface area contributed by atoms with Gasteiger partial charge < -0.3 is 10.1 Å². The Morgan fingerprint density at radius 3 is 2.81 bits per heavy atom. The maximum atomic E-state index is 11.8. The number of ether oxygens (including phenoxy) is 1. The van der Waals surface area contributed by atoms with Gasteiger partial charge in [-0.05, 0) is 26.8 Å². The fraction of sp³-hybridized carbons (Fsp3) is 0.455. The second kappa shape index (κ2) is 3.37. The fourth-order valence-electron chi connectivity index (χ4n) is 1.90. The van der Waals surface area contributed by atoms with Gasteiger partial charge in [-0.2, -0.15) is 4.98 Å². The molecule has 0 bridgehead atoms. The Balaban J connectivity index is 2.66. The van der Waals surface area contributed by atoms with E-state index in [0.717, 1.165) is 5.70 Å². The van der Waals surface area contributed by atoms with Crippen LogP contribution in [-0.2, 0) is 0 Å². The molecule has 0 fully saturated rings. The number of anilines is 1. The second-order valence-corrected chi connectivity index (χ2v) is 4.43. The van der Waals surface area contributed by atoms with Gasteiger partial charge in [-0.1, -0.05) is 0 Å². The van der Waals surface area contributed by atoms with E-state index in [1.54, 1.807) is 0 Å². The number of methoxy groups -OCH3 is 1. The van der Waals surface area contributed by atoms with Crippen molar-refractivity contribution < 1.29 is 4.74 Å². The van der Waals surface area contributed by atoms with Crippen LogP contribution in [0.1, 0.15) is 20.8 Å². The van der Waals surface area contributed by atoms with Gasteiger partial charge in [-0.3, -0.25) is 9.36 Å². The summed E-state index contributed by atoms with van der Waals surface area (Å²) < 4.78 is 6.52. The summed E-state index contributed by atoms with van der Waals surface area (Å²) in [7, 11) is 1.50. The summed E-state index contributed by atoms with van der Waals surface area (Å²) in [6.45, 7) is 5.93. The quantitative estimate of drug-likeness (QED) is 0.777. The summed E-state index contributed by atoms with van der Waals surface area (Å²) >= 11 is 0. The first-order chi connectivity index (χ1) is 7.43. The molecule has 0 saturated heterocycles. The molecular weight excluding hydrogens is 206 g/mol. The highest BCUT2D eigenvalue weighted by Gasteiger charge is 2.24. The minimum atomic E-state index is -0.212. The third-order valence-electron chi connectivity index (χ3n) is 2.46. The van der Waals surface area contributed by atoms with Gasteiger partial charge in [-0.15, -0.1) is 0 Å². The van der Waals surface area contributed by atoms with Crippen LogP contribution >= 0.6 is 0 Å². The lowest BCUT2D eigenvalue weighted by molar-refractivity contribution is 0.395. The molecule has 0 unspecified atom stereocenters. The molecule has 0 spiro atoms. The zero-order valence-corrected chi connectivity index (χ0v) is 9.87. The van der Waals surface area contributed by atoms with Crippen molar-refractivity contribution in [3.05, 3.63) is 22.5 Å². The predicted molar refractivity (Wildman–Crippen MR) is 62.7 cm³/mol. The summed E-state index contributed by atoms with van der Waals surface area (Å²) in [5, 5.41) is 3.18. The van der Waals surface area contributed by atoms with Crippen LogP contribution in [-0.4, -0.2) is 22.2 Å². The molecule has 1 aromatic heterocycles. The van der Waals surface area contributed by atoms with Gasteiger partial charge in [0.1, 0.15) is 0 Å². The van der Waals surface area contributed by atoms with Crippen molar-refractivity contribution in [3.8, 4) is 5.88 Å². The molecule has 86 valence electrons. The maximum absolute atomic E-state index is 11.8. The number of hydrogen-bond acceptors (Lipinski definition) is 4. The number of rotatable bonds is 1. The maximum Gasteiger partial charge on any atom is 0.263 e. The lowest BCUT2D eigenvalue weighted by atomic mass is 10.0. The van der Waals surface area contributed by atoms with Gasteiger partial charge >= 0.3 is 0 Å². The monoisotopic (exact) mass is 221 g/mol. The van der Waals surface area contributed by atoms with E-state index in [4.69, 9.17) is 4.74 Å². The van der Waals surface area contributed by atoms with Gasteiger partial charge in [0.2, 0.25) is 11.8 Å². The summed E-state index contributed by atoms with van der Waals surface area (Å²) in [5.41, 5.74) is 0.521. The van der Waals surface area contributed by atoms with E-state index in [2.05, 4.69) is 10.3 Å². The van der Waals surface area contributed by atoms with E-state index in [1.165, 1.54) is 17.7 Å². The van der Waals surface area contributed by atoms with Crippen LogP contribution < -0.4 is 15.6 Å². The van der Waals surface area contributed by atoms with E-state index < -0.39 is 0 Å². The lowest BCUT2D eigenvalue weighted by Crippen LogP contribution is -2.38. The Labute approximate surface area is 93.8 Å². The van der Waals surface area contributed by atoms with E-state index >= 15 is 0 Å². The normalized spacial score (nSPS) is 17.1. The van der Waals surface area contributed by atoms with Crippen LogP contribution in [0.25, 0.3) is 5.70 Å². The predicted octanol–water partition coefficient (Wildman–Crippen LogP) is 1.32. The SMILES string of the molecule is COc1cc(=O)n2c(n1)NC(C)(C)C=C2C. The average molecular weight is 221 g/mol. The van der Waals surface area contributed by atoms with Crippen LogP contribution in [0.4, 0.5) is 5.95 Å². The minimum Gasteiger partial charge on any atom is -0.481 e. The Kier molecular flexibility index (Phi) is 2.26. The third kappa shape index (κ3) is 1.68. The minimum absolute atomic E-state index is 0.140. The summed E-state index contributed by atoms with van der Waals surface area (Å²) in [6, 6.07) is 1.38. The van der Waals surface area contributed by atoms with Crippen molar-refractivity contribution in [1.82, 2.24) is 9.55 Å². The molecule has 0 aliphatic carbocycles. The molecule has 16 heavy (non-hydrogen) atoms. The molecular formula is C11H15N3O2. The molecule has 2 heterocycles. The highest BCUT2D eigenvalue weighted by Crippen LogP contribution is 2.25. The molecule has 1 N–H and O–H groups in total. The summed E-state index contributed by atoms with van der Waals surface area (Å²) in [4.78, 5) is 16.1. The molecule has 0 aromatic carbocycles. The van der Waals surface area contributed by atoms with Gasteiger partial charge in [0.15, 0.2) is 0 Å². The van der Waals surface area contributed by atoms with Gasteiger partial charge in [-0.25, -0.2) is 0 Å². The number of nitrogens with zero attached hydrogens (tertiary/aromatic N) is 2. The van der Waals surface area contributed by atoms with Crippen LogP contribution in [0.15, 0.2) is 16.9 Å². The molecule has 0 atom stereocenters. The topological polar surface area (TPSA) is 56.2 Å². The molecule has 0 saturated carbocycles. The van der Waals surface area contributed by atoms with Crippen LogP contribution in [0.2, 0.25) is 0 Å². The van der Waals surface area contributed by atoms with Crippen LogP contribution in [0.3, 0.4) is 0 Å². The molecule has 5 nitrogen and oxygen atoms in total. The Bertz CT molecular complexity index is 514. The van der Waals surface area contributed by atoms with Crippen molar-refractivity contribution in [2.45, 2.75) is 26.3 Å². The Morgan fingerprint density at radius 1 is 1.50 bits per heavy atom. The standard InChI is InChI=1S/C11H15N3O2/c1-7-6-11(2,3)13-10-12-8(16-4)5-9(15)14(7)10/h5-6H,1-4H3,(H,12,13). The second-order valence-electron chi connectivity index (χ2n) is 4.43. The van der Waals surface area contributed by atoms with Crippen LogP contribution in [0.5, 0.6) is 5.88 Å². The van der Waals surface area contributed by atoms with Crippen molar-refractivity contribution in [3.63, 3.8) is 0 Å². The number of fused-ring (bicyclic) bond motifs is 1. The van der Waals surface area contributed by atoms with E-state index in [0.29, 0.717) is 11.8 Å². The van der Waals surface area contributed by atoms with E-state index in [1.807, 2.05) is 26.8 Å². The zero-order valence-electron chi connectivity index (χ0n) is 9.87. The highest BCUT2D eigenvalue weighted by molar-refractivity contribution is 5.58. The number of allylic oxidation sites excluding steroid dienone is 1. The van der Waals surface area contributed by atoms with Crippen LogP contribution in [0, 0.1) is 0 Å². The van der Waals surface area contributed by atoms with Gasteiger partial charge in [0.25, 0.3) is 5.56 Å². The average Bonchev–Trinajstić information content (AvgIpc) is 2.13. The summed E-state index contributed by atoms with van der Waals surface area (Å²) in [6.07, 6.45) is 2.00. The molecule has 0 amide bonds.